The van der Waals surface area contributed by atoms with Crippen LogP contribution in [0, 0.1) is 0 Å². The van der Waals surface area contributed by atoms with Gasteiger partial charge in [0.05, 0.1) is 9.79 Å². The van der Waals surface area contributed by atoms with Gasteiger partial charge in [0.15, 0.2) is 0 Å². The van der Waals surface area contributed by atoms with Crippen molar-refractivity contribution in [1.82, 2.24) is 19.2 Å². The van der Waals surface area contributed by atoms with Crippen LogP contribution in [0.4, 0.5) is 0 Å². The Hall–Kier alpha value is -3.91. The quantitative estimate of drug-likeness (QED) is 0.190. The van der Waals surface area contributed by atoms with Crippen molar-refractivity contribution in [3.05, 3.63) is 69.4 Å². The lowest BCUT2D eigenvalue weighted by atomic mass is 10.3. The summed E-state index contributed by atoms with van der Waals surface area (Å²) >= 11 is 0. The highest BCUT2D eigenvalue weighted by Gasteiger charge is 2.41. The fourth-order valence-electron chi connectivity index (χ4n) is 4.36. The standard InChI is InChI=1S/C24H28N6O10S3/c1-5-27(6-2)42(35,36)21-23(31)39-25-29(21)17-9-13-19(14-10-17)41(33,34)20-15-11-18(12-16-20)30-22(24(32)40-26-30)43(37,38)28(7-3)8-4/h9-16H,5-8H2,1-4H3/p+2. The van der Waals surface area contributed by atoms with Gasteiger partial charge in [-0.2, -0.15) is 8.61 Å². The lowest BCUT2D eigenvalue weighted by molar-refractivity contribution is -0.706. The highest BCUT2D eigenvalue weighted by molar-refractivity contribution is 7.91. The number of H-pyrrole nitrogens is 2. The smallest absolute Gasteiger partial charge is 0.281 e. The van der Waals surface area contributed by atoms with E-state index >= 15 is 0 Å². The molecule has 2 N–H and O–H groups in total. The van der Waals surface area contributed by atoms with Gasteiger partial charge >= 0.3 is 41.3 Å². The number of rotatable bonds is 12. The molecule has 16 nitrogen and oxygen atoms in total. The largest absolute Gasteiger partial charge is 0.448 e. The Labute approximate surface area is 246 Å². The fraction of sp³-hybridized carbons (Fsp3) is 0.333. The molecule has 19 heteroatoms. The zero-order chi connectivity index (χ0) is 31.7. The number of hydrogen-bond acceptors (Lipinski definition) is 10. The summed E-state index contributed by atoms with van der Waals surface area (Å²) < 4.78 is 92.2. The third-order valence-electron chi connectivity index (χ3n) is 6.60. The first-order valence-electron chi connectivity index (χ1n) is 13.0. The molecule has 4 rings (SSSR count). The van der Waals surface area contributed by atoms with Crippen LogP contribution in [0.3, 0.4) is 0 Å². The minimum Gasteiger partial charge on any atom is -0.281 e. The molecular formula is C24H30N6O10S3+2. The van der Waals surface area contributed by atoms with Gasteiger partial charge in [-0.1, -0.05) is 27.7 Å². The number of sulfonamides is 2. The second-order valence-corrected chi connectivity index (χ2v) is 14.6. The molecule has 0 unspecified atom stereocenters. The van der Waals surface area contributed by atoms with Crippen LogP contribution in [0.5, 0.6) is 0 Å². The Morgan fingerprint density at radius 1 is 0.581 bits per heavy atom. The molecule has 4 aromatic rings. The molecule has 0 fully saturated rings. The molecule has 232 valence electrons. The predicted molar refractivity (Wildman–Crippen MR) is 147 cm³/mol. The third-order valence-corrected chi connectivity index (χ3v) is 12.5. The maximum absolute atomic E-state index is 13.4. The van der Waals surface area contributed by atoms with Crippen LogP contribution in [-0.2, 0) is 29.9 Å². The van der Waals surface area contributed by atoms with E-state index < -0.39 is 51.2 Å². The highest BCUT2D eigenvalue weighted by atomic mass is 32.2. The Balaban J connectivity index is 1.68. The van der Waals surface area contributed by atoms with Crippen LogP contribution in [0.15, 0.2) is 87.0 Å². The van der Waals surface area contributed by atoms with Crippen molar-refractivity contribution >= 4 is 29.9 Å². The Morgan fingerprint density at radius 2 is 0.884 bits per heavy atom. The lowest BCUT2D eigenvalue weighted by Crippen LogP contribution is -2.45. The summed E-state index contributed by atoms with van der Waals surface area (Å²) in [5, 5.41) is 3.14. The zero-order valence-corrected chi connectivity index (χ0v) is 26.0. The Kier molecular flexibility index (Phi) is 8.93. The monoisotopic (exact) mass is 658 g/mol. The van der Waals surface area contributed by atoms with Crippen molar-refractivity contribution < 1.29 is 43.7 Å². The summed E-state index contributed by atoms with van der Waals surface area (Å²) in [7, 11) is -12.6. The lowest BCUT2D eigenvalue weighted by Gasteiger charge is -2.14. The summed E-state index contributed by atoms with van der Waals surface area (Å²) in [6.45, 7) is 6.92. The van der Waals surface area contributed by atoms with E-state index in [4.69, 9.17) is 9.05 Å². The van der Waals surface area contributed by atoms with Gasteiger partial charge in [0.1, 0.15) is 0 Å². The van der Waals surface area contributed by atoms with Gasteiger partial charge in [0, 0.05) is 50.4 Å². The summed E-state index contributed by atoms with van der Waals surface area (Å²) in [6.07, 6.45) is 0. The van der Waals surface area contributed by atoms with Gasteiger partial charge in [-0.3, -0.25) is 9.05 Å². The van der Waals surface area contributed by atoms with Gasteiger partial charge in [0.2, 0.25) is 21.2 Å². The van der Waals surface area contributed by atoms with E-state index in [1.807, 2.05) is 0 Å². The molecule has 43 heavy (non-hydrogen) atoms. The third kappa shape index (κ3) is 5.60. The molecule has 0 saturated carbocycles. The first-order chi connectivity index (χ1) is 20.2. The minimum atomic E-state index is -4.23. The zero-order valence-electron chi connectivity index (χ0n) is 23.5. The molecule has 0 aliphatic heterocycles. The van der Waals surface area contributed by atoms with Gasteiger partial charge < -0.3 is 0 Å². The summed E-state index contributed by atoms with van der Waals surface area (Å²) in [6, 6.07) is 10.1. The number of aromatic nitrogens is 4. The summed E-state index contributed by atoms with van der Waals surface area (Å²) in [5.74, 6) is 0. The molecule has 2 aromatic carbocycles. The maximum atomic E-state index is 13.4. The van der Waals surface area contributed by atoms with E-state index in [9.17, 15) is 34.8 Å². The number of aromatic amines is 2. The van der Waals surface area contributed by atoms with E-state index in [-0.39, 0.29) is 47.3 Å². The maximum Gasteiger partial charge on any atom is 0.448 e. The van der Waals surface area contributed by atoms with Crippen LogP contribution in [0.2, 0.25) is 0 Å². The number of benzene rings is 2. The van der Waals surface area contributed by atoms with E-state index in [1.54, 1.807) is 27.7 Å². The van der Waals surface area contributed by atoms with Gasteiger partial charge in [-0.15, -0.1) is 0 Å². The number of sulfone groups is 1. The van der Waals surface area contributed by atoms with E-state index in [2.05, 4.69) is 10.5 Å². The van der Waals surface area contributed by atoms with Crippen molar-refractivity contribution in [3.63, 3.8) is 0 Å². The average Bonchev–Trinajstić information content (AvgIpc) is 3.57. The number of nitrogens with one attached hydrogen (secondary N) is 2. The van der Waals surface area contributed by atoms with E-state index in [0.717, 1.165) is 18.0 Å². The van der Waals surface area contributed by atoms with Crippen molar-refractivity contribution in [2.45, 2.75) is 47.5 Å². The van der Waals surface area contributed by atoms with Crippen molar-refractivity contribution in [2.75, 3.05) is 26.2 Å². The van der Waals surface area contributed by atoms with Gasteiger partial charge in [-0.25, -0.2) is 34.8 Å². The number of nitrogens with zero attached hydrogens (tertiary/aromatic N) is 4. The van der Waals surface area contributed by atoms with Crippen molar-refractivity contribution in [3.8, 4) is 11.4 Å². The molecule has 2 aromatic heterocycles. The van der Waals surface area contributed by atoms with Crippen LogP contribution >= 0.6 is 0 Å². The predicted octanol–water partition coefficient (Wildman–Crippen LogP) is -0.304. The van der Waals surface area contributed by atoms with E-state index in [1.165, 1.54) is 48.5 Å². The Bertz CT molecular complexity index is 1910. The molecule has 0 aliphatic rings. The normalized spacial score (nSPS) is 12.8. The first kappa shape index (κ1) is 32.0. The first-order valence-corrected chi connectivity index (χ1v) is 17.3. The van der Waals surface area contributed by atoms with Gasteiger partial charge in [0.25, 0.3) is 0 Å². The van der Waals surface area contributed by atoms with E-state index in [0.29, 0.717) is 0 Å². The molecule has 0 atom stereocenters. The molecule has 0 saturated heterocycles. The number of hydrogen-bond donors (Lipinski definition) is 2. The molecule has 0 spiro atoms. The van der Waals surface area contributed by atoms with Gasteiger partial charge in [-0.05, 0) is 44.2 Å². The van der Waals surface area contributed by atoms with Crippen molar-refractivity contribution in [2.24, 2.45) is 0 Å². The van der Waals surface area contributed by atoms with Crippen LogP contribution in [0.25, 0.3) is 11.4 Å². The molecular weight excluding hydrogens is 628 g/mol. The molecule has 0 bridgehead atoms. The average molecular weight is 659 g/mol. The summed E-state index contributed by atoms with van der Waals surface area (Å²) in [4.78, 5) is 24.3. The second-order valence-electron chi connectivity index (χ2n) is 8.91. The van der Waals surface area contributed by atoms with Crippen molar-refractivity contribution in [1.29, 1.82) is 0 Å². The van der Waals surface area contributed by atoms with Crippen LogP contribution in [-0.4, -0.2) is 70.6 Å². The minimum absolute atomic E-state index is 0.113. The fourth-order valence-corrected chi connectivity index (χ4v) is 8.73. The molecule has 2 heterocycles. The molecule has 0 radical (unpaired) electrons. The Morgan fingerprint density at radius 3 is 1.16 bits per heavy atom. The second kappa shape index (κ2) is 12.0. The topological polar surface area (TPSA) is 209 Å². The highest BCUT2D eigenvalue weighted by Crippen LogP contribution is 2.22. The SMILES string of the molecule is CCN(CC)S(=O)(=O)c1c(=O)o[nH][n+]1-c1ccc(S(=O)(=O)c2ccc(-[n+]3[nH]oc(=O)c3S(=O)(=O)N(CC)CC)cc2)cc1. The summed E-state index contributed by atoms with van der Waals surface area (Å²) in [5.41, 5.74) is -2.00. The molecule has 0 aliphatic carbocycles. The van der Waals surface area contributed by atoms with Crippen LogP contribution < -0.4 is 20.6 Å². The van der Waals surface area contributed by atoms with Crippen LogP contribution in [0.1, 0.15) is 27.7 Å². The molecule has 0 amide bonds.